The molecule has 48 heavy (non-hydrogen) atoms. The number of ether oxygens (including phenoxy) is 1. The molecule has 6 nitrogen and oxygen atoms in total. The fourth-order valence-corrected chi connectivity index (χ4v) is 8.40. The number of fused-ring (bicyclic) bond motifs is 6. The molecule has 2 bridgehead atoms. The van der Waals surface area contributed by atoms with Gasteiger partial charge in [-0.15, -0.1) is 6.58 Å². The minimum absolute atomic E-state index is 0.0808. The van der Waals surface area contributed by atoms with Crippen LogP contribution in [0.3, 0.4) is 0 Å². The van der Waals surface area contributed by atoms with Crippen LogP contribution in [0.25, 0.3) is 43.6 Å². The predicted octanol–water partition coefficient (Wildman–Crippen LogP) is 8.72. The van der Waals surface area contributed by atoms with Gasteiger partial charge in [0.2, 0.25) is 0 Å². The number of hydrogen-bond donors (Lipinski definition) is 3. The Bertz CT molecular complexity index is 2200. The molecule has 6 aromatic rings. The van der Waals surface area contributed by atoms with Gasteiger partial charge in [-0.3, -0.25) is 9.88 Å². The van der Waals surface area contributed by atoms with Gasteiger partial charge in [-0.05, 0) is 107 Å². The van der Waals surface area contributed by atoms with Gasteiger partial charge in [0.1, 0.15) is 5.75 Å². The van der Waals surface area contributed by atoms with Gasteiger partial charge in [0.25, 0.3) is 0 Å². The smallest absolute Gasteiger partial charge is 0.171 e. The molecule has 3 fully saturated rings. The van der Waals surface area contributed by atoms with E-state index in [9.17, 15) is 0 Å². The zero-order valence-electron chi connectivity index (χ0n) is 27.0. The summed E-state index contributed by atoms with van der Waals surface area (Å²) in [4.78, 5) is 7.32. The molecular formula is C41H39N5OS. The van der Waals surface area contributed by atoms with Crippen LogP contribution >= 0.6 is 12.2 Å². The number of piperidine rings is 3. The van der Waals surface area contributed by atoms with Crippen molar-refractivity contribution in [3.8, 4) is 16.9 Å². The summed E-state index contributed by atoms with van der Waals surface area (Å²) in [7, 11) is 1.71. The highest BCUT2D eigenvalue weighted by Gasteiger charge is 2.43. The molecule has 0 amide bonds. The first-order valence-electron chi connectivity index (χ1n) is 16.7. The number of anilines is 2. The predicted molar refractivity (Wildman–Crippen MR) is 203 cm³/mol. The SMILES string of the molecule is C=C[C@H]1CN2CC[C@H]1C[C@H]2[C@H](NC(=S)Nc1ccc2ccccc2c1-c1c(N)ccc2ccccc12)c1ccnc2ccc(OC)cc12. The lowest BCUT2D eigenvalue weighted by atomic mass is 9.73. The maximum absolute atomic E-state index is 6.79. The van der Waals surface area contributed by atoms with Crippen LogP contribution in [0.1, 0.15) is 24.4 Å². The van der Waals surface area contributed by atoms with Crippen molar-refractivity contribution in [3.05, 3.63) is 121 Å². The third-order valence-corrected chi connectivity index (χ3v) is 10.8. The third-order valence-electron chi connectivity index (χ3n) is 10.5. The average molecular weight is 650 g/mol. The van der Waals surface area contributed by atoms with Gasteiger partial charge in [-0.25, -0.2) is 0 Å². The molecule has 1 aromatic heterocycles. The van der Waals surface area contributed by atoms with E-state index in [4.69, 9.17) is 27.7 Å². The summed E-state index contributed by atoms with van der Waals surface area (Å²) < 4.78 is 5.65. The largest absolute Gasteiger partial charge is 0.497 e. The first-order chi connectivity index (χ1) is 23.5. The summed E-state index contributed by atoms with van der Waals surface area (Å²) in [5, 5.41) is 13.6. The van der Waals surface area contributed by atoms with Crippen LogP contribution in [0, 0.1) is 11.8 Å². The lowest BCUT2D eigenvalue weighted by Gasteiger charge is -2.52. The van der Waals surface area contributed by atoms with E-state index in [2.05, 4.69) is 107 Å². The Morgan fingerprint density at radius 3 is 2.44 bits per heavy atom. The summed E-state index contributed by atoms with van der Waals surface area (Å²) in [5.41, 5.74) is 12.6. The molecule has 5 atom stereocenters. The highest BCUT2D eigenvalue weighted by molar-refractivity contribution is 7.80. The molecule has 4 heterocycles. The number of nitrogen functional groups attached to an aromatic ring is 1. The summed E-state index contributed by atoms with van der Waals surface area (Å²) in [6, 6.07) is 33.6. The summed E-state index contributed by atoms with van der Waals surface area (Å²) in [6.07, 6.45) is 6.32. The van der Waals surface area contributed by atoms with Crippen LogP contribution in [-0.2, 0) is 0 Å². The second kappa shape index (κ2) is 12.6. The Morgan fingerprint density at radius 2 is 1.71 bits per heavy atom. The molecule has 0 saturated carbocycles. The highest BCUT2D eigenvalue weighted by atomic mass is 32.1. The topological polar surface area (TPSA) is 75.4 Å². The minimum Gasteiger partial charge on any atom is -0.497 e. The van der Waals surface area contributed by atoms with E-state index in [1.54, 1.807) is 7.11 Å². The maximum atomic E-state index is 6.79. The van der Waals surface area contributed by atoms with Crippen LogP contribution in [0.4, 0.5) is 11.4 Å². The van der Waals surface area contributed by atoms with Crippen molar-refractivity contribution in [3.63, 3.8) is 0 Å². The van der Waals surface area contributed by atoms with Crippen molar-refractivity contribution in [1.29, 1.82) is 0 Å². The minimum atomic E-state index is -0.0808. The first kappa shape index (κ1) is 30.4. The summed E-state index contributed by atoms with van der Waals surface area (Å²) in [5.74, 6) is 1.93. The molecule has 240 valence electrons. The number of hydrogen-bond acceptors (Lipinski definition) is 5. The average Bonchev–Trinajstić information content (AvgIpc) is 3.13. The standard InChI is InChI=1S/C41H39N5OS/c1-3-25-24-46-21-19-28(25)22-37(46)40(32-18-20-43-35-17-14-29(47-2)23-33(32)35)45-41(48)44-36-16-13-27-9-5-7-11-31(27)39(36)38-30-10-6-4-8-26(30)12-15-34(38)42/h3-18,20,23,25,28,37,40H,1,19,21-22,24,42H2,2H3,(H2,44,45,48)/t25-,28-,37-,40+/m0/s1. The second-order valence-corrected chi connectivity index (χ2v) is 13.5. The van der Waals surface area contributed by atoms with Crippen LogP contribution in [0.2, 0.25) is 0 Å². The zero-order chi connectivity index (χ0) is 32.8. The molecule has 5 aromatic carbocycles. The molecule has 0 spiro atoms. The Hall–Kier alpha value is -4.98. The number of benzene rings is 5. The number of methoxy groups -OCH3 is 1. The van der Waals surface area contributed by atoms with E-state index < -0.39 is 0 Å². The molecule has 3 saturated heterocycles. The number of rotatable bonds is 7. The van der Waals surface area contributed by atoms with E-state index in [0.29, 0.717) is 16.9 Å². The number of nitrogens with one attached hydrogen (secondary N) is 2. The molecule has 1 unspecified atom stereocenters. The maximum Gasteiger partial charge on any atom is 0.171 e. The fourth-order valence-electron chi connectivity index (χ4n) is 8.16. The number of aromatic nitrogens is 1. The Labute approximate surface area is 286 Å². The Morgan fingerprint density at radius 1 is 0.958 bits per heavy atom. The van der Waals surface area contributed by atoms with Crippen molar-refractivity contribution in [2.75, 3.05) is 31.2 Å². The van der Waals surface area contributed by atoms with Crippen LogP contribution < -0.4 is 21.1 Å². The van der Waals surface area contributed by atoms with Gasteiger partial charge in [-0.1, -0.05) is 66.7 Å². The Kier molecular flexibility index (Phi) is 7.95. The van der Waals surface area contributed by atoms with E-state index in [1.807, 2.05) is 24.4 Å². The molecular weight excluding hydrogens is 611 g/mol. The lowest BCUT2D eigenvalue weighted by molar-refractivity contribution is 0.00443. The number of nitrogens with two attached hydrogens (primary N) is 1. The van der Waals surface area contributed by atoms with Crippen molar-refractivity contribution in [2.24, 2.45) is 11.8 Å². The third kappa shape index (κ3) is 5.33. The van der Waals surface area contributed by atoms with Crippen LogP contribution in [-0.4, -0.2) is 41.2 Å². The highest BCUT2D eigenvalue weighted by Crippen LogP contribution is 2.44. The van der Waals surface area contributed by atoms with Gasteiger partial charge in [0, 0.05) is 46.7 Å². The van der Waals surface area contributed by atoms with Crippen molar-refractivity contribution in [1.82, 2.24) is 15.2 Å². The quantitative estimate of drug-likeness (QED) is 0.0907. The zero-order valence-corrected chi connectivity index (χ0v) is 27.8. The second-order valence-electron chi connectivity index (χ2n) is 13.1. The molecule has 4 N–H and O–H groups in total. The van der Waals surface area contributed by atoms with E-state index in [0.717, 1.165) is 85.8 Å². The summed E-state index contributed by atoms with van der Waals surface area (Å²) in [6.45, 7) is 6.24. The van der Waals surface area contributed by atoms with Crippen LogP contribution in [0.15, 0.2) is 116 Å². The van der Waals surface area contributed by atoms with Crippen molar-refractivity contribution >= 4 is 61.2 Å². The fraction of sp³-hybridized carbons (Fsp3) is 0.220. The molecule has 0 aliphatic carbocycles. The lowest BCUT2D eigenvalue weighted by Crippen LogP contribution is -2.57. The number of pyridine rings is 1. The van der Waals surface area contributed by atoms with Gasteiger partial charge in [0.05, 0.1) is 18.7 Å². The van der Waals surface area contributed by atoms with Gasteiger partial charge < -0.3 is 21.1 Å². The number of thiocarbonyl (C=S) groups is 1. The normalized spacial score (nSPS) is 20.9. The van der Waals surface area contributed by atoms with E-state index in [-0.39, 0.29) is 12.1 Å². The van der Waals surface area contributed by atoms with Gasteiger partial charge in [0.15, 0.2) is 5.11 Å². The molecule has 7 heteroatoms. The first-order valence-corrected chi connectivity index (χ1v) is 17.1. The number of nitrogens with zero attached hydrogens (tertiary/aromatic N) is 2. The van der Waals surface area contributed by atoms with Gasteiger partial charge in [-0.2, -0.15) is 0 Å². The molecule has 3 aliphatic rings. The molecule has 3 aliphatic heterocycles. The van der Waals surface area contributed by atoms with Crippen molar-refractivity contribution in [2.45, 2.75) is 24.9 Å². The monoisotopic (exact) mass is 649 g/mol. The molecule has 0 radical (unpaired) electrons. The van der Waals surface area contributed by atoms with Crippen LogP contribution in [0.5, 0.6) is 5.75 Å². The van der Waals surface area contributed by atoms with Crippen molar-refractivity contribution < 1.29 is 4.74 Å². The summed E-state index contributed by atoms with van der Waals surface area (Å²) >= 11 is 6.22. The van der Waals surface area contributed by atoms with Gasteiger partial charge >= 0.3 is 0 Å². The molecule has 9 rings (SSSR count). The van der Waals surface area contributed by atoms with E-state index in [1.165, 1.54) is 6.42 Å². The Balaban J connectivity index is 1.22. The van der Waals surface area contributed by atoms with E-state index >= 15 is 0 Å².